The van der Waals surface area contributed by atoms with E-state index < -0.39 is 0 Å². The predicted molar refractivity (Wildman–Crippen MR) is 114 cm³/mol. The molecule has 1 aliphatic heterocycles. The molecule has 1 fully saturated rings. The van der Waals surface area contributed by atoms with Crippen LogP contribution < -0.4 is 21.7 Å². The molecule has 2 aromatic rings. The van der Waals surface area contributed by atoms with E-state index in [9.17, 15) is 4.79 Å². The third-order valence-corrected chi connectivity index (χ3v) is 4.80. The highest BCUT2D eigenvalue weighted by atomic mass is 16.1. The molecule has 0 bridgehead atoms. The van der Waals surface area contributed by atoms with Gasteiger partial charge in [-0.15, -0.1) is 0 Å². The molecular formula is C21H27N7O. The largest absolute Gasteiger partial charge is 0.384 e. The third kappa shape index (κ3) is 5.13. The van der Waals surface area contributed by atoms with Crippen molar-refractivity contribution in [1.82, 2.24) is 20.3 Å². The van der Waals surface area contributed by atoms with Gasteiger partial charge in [0.15, 0.2) is 0 Å². The van der Waals surface area contributed by atoms with Crippen molar-refractivity contribution in [3.8, 4) is 11.8 Å². The zero-order valence-electron chi connectivity index (χ0n) is 17.1. The molecule has 0 spiro atoms. The summed E-state index contributed by atoms with van der Waals surface area (Å²) in [5.41, 5.74) is 13.8. The molecule has 1 amide bonds. The van der Waals surface area contributed by atoms with Crippen LogP contribution in [0.1, 0.15) is 43.5 Å². The van der Waals surface area contributed by atoms with Gasteiger partial charge in [-0.1, -0.05) is 25.7 Å². The van der Waals surface area contributed by atoms with E-state index >= 15 is 0 Å². The Balaban J connectivity index is 1.89. The molecule has 29 heavy (non-hydrogen) atoms. The molecule has 0 aliphatic carbocycles. The van der Waals surface area contributed by atoms with Crippen LogP contribution in [-0.4, -0.2) is 40.0 Å². The third-order valence-electron chi connectivity index (χ3n) is 4.80. The average Bonchev–Trinajstić information content (AvgIpc) is 2.68. The fraction of sp³-hybridized carbons (Fsp3) is 0.429. The van der Waals surface area contributed by atoms with Crippen molar-refractivity contribution in [2.75, 3.05) is 29.5 Å². The van der Waals surface area contributed by atoms with Gasteiger partial charge in [0.1, 0.15) is 11.6 Å². The molecule has 0 radical (unpaired) electrons. The van der Waals surface area contributed by atoms with E-state index in [1.54, 1.807) is 12.3 Å². The SMILES string of the molecule is Cc1nc(N)nc(N2CCCC(NC(=O)C(C)C)C2)c1C#Cc1ccc(N)nc1. The summed E-state index contributed by atoms with van der Waals surface area (Å²) in [5.74, 6) is 7.66. The van der Waals surface area contributed by atoms with E-state index in [1.807, 2.05) is 26.8 Å². The van der Waals surface area contributed by atoms with E-state index in [0.29, 0.717) is 18.2 Å². The topological polar surface area (TPSA) is 123 Å². The van der Waals surface area contributed by atoms with Gasteiger partial charge in [0.25, 0.3) is 0 Å². The maximum absolute atomic E-state index is 12.1. The number of nitrogen functional groups attached to an aromatic ring is 2. The van der Waals surface area contributed by atoms with Crippen LogP contribution in [0.25, 0.3) is 0 Å². The minimum absolute atomic E-state index is 0.0442. The van der Waals surface area contributed by atoms with Crippen molar-refractivity contribution in [3.63, 3.8) is 0 Å². The zero-order chi connectivity index (χ0) is 21.0. The number of carbonyl (C=O) groups is 1. The van der Waals surface area contributed by atoms with Crippen LogP contribution in [0.4, 0.5) is 17.6 Å². The maximum Gasteiger partial charge on any atom is 0.222 e. The van der Waals surface area contributed by atoms with E-state index in [2.05, 4.69) is 37.0 Å². The van der Waals surface area contributed by atoms with Crippen LogP contribution >= 0.6 is 0 Å². The van der Waals surface area contributed by atoms with Gasteiger partial charge in [0.2, 0.25) is 11.9 Å². The van der Waals surface area contributed by atoms with Crippen molar-refractivity contribution < 1.29 is 4.79 Å². The number of hydrogen-bond donors (Lipinski definition) is 3. The van der Waals surface area contributed by atoms with Crippen LogP contribution in [0, 0.1) is 24.7 Å². The normalized spacial score (nSPS) is 16.3. The van der Waals surface area contributed by atoms with Crippen molar-refractivity contribution in [3.05, 3.63) is 35.2 Å². The lowest BCUT2D eigenvalue weighted by Gasteiger charge is -2.35. The van der Waals surface area contributed by atoms with Gasteiger partial charge in [0, 0.05) is 36.8 Å². The first-order valence-corrected chi connectivity index (χ1v) is 9.76. The van der Waals surface area contributed by atoms with Gasteiger partial charge >= 0.3 is 0 Å². The number of carbonyl (C=O) groups excluding carboxylic acids is 1. The Bertz CT molecular complexity index is 944. The van der Waals surface area contributed by atoms with E-state index in [-0.39, 0.29) is 23.8 Å². The summed E-state index contributed by atoms with van der Waals surface area (Å²) in [6.07, 6.45) is 3.52. The Labute approximate surface area is 171 Å². The van der Waals surface area contributed by atoms with Gasteiger partial charge in [0.05, 0.1) is 11.3 Å². The van der Waals surface area contributed by atoms with Gasteiger partial charge in [-0.05, 0) is 31.9 Å². The lowest BCUT2D eigenvalue weighted by molar-refractivity contribution is -0.124. The lowest BCUT2D eigenvalue weighted by atomic mass is 10.0. The monoisotopic (exact) mass is 393 g/mol. The van der Waals surface area contributed by atoms with Crippen molar-refractivity contribution in [2.24, 2.45) is 5.92 Å². The van der Waals surface area contributed by atoms with Crippen molar-refractivity contribution in [2.45, 2.75) is 39.7 Å². The molecule has 1 aliphatic rings. The number of pyridine rings is 1. The van der Waals surface area contributed by atoms with Crippen LogP contribution in [0.3, 0.4) is 0 Å². The Morgan fingerprint density at radius 2 is 2.07 bits per heavy atom. The van der Waals surface area contributed by atoms with Gasteiger partial charge in [-0.25, -0.2) is 9.97 Å². The summed E-state index contributed by atoms with van der Waals surface area (Å²) >= 11 is 0. The molecule has 1 unspecified atom stereocenters. The molecule has 5 N–H and O–H groups in total. The van der Waals surface area contributed by atoms with Crippen LogP contribution in [-0.2, 0) is 4.79 Å². The molecule has 1 atom stereocenters. The fourth-order valence-electron chi connectivity index (χ4n) is 3.22. The fourth-order valence-corrected chi connectivity index (χ4v) is 3.22. The summed E-state index contributed by atoms with van der Waals surface area (Å²) in [6, 6.07) is 3.60. The standard InChI is InChI=1S/C21H27N7O/c1-13(2)20(29)26-16-5-4-10-28(12-16)19-17(14(3)25-21(23)27-19)8-6-15-7-9-18(22)24-11-15/h7,9,11,13,16H,4-5,10,12H2,1-3H3,(H2,22,24)(H,26,29)(H2,23,25,27). The van der Waals surface area contributed by atoms with Crippen LogP contribution in [0.15, 0.2) is 18.3 Å². The number of piperidine rings is 1. The number of anilines is 3. The average molecular weight is 393 g/mol. The number of aryl methyl sites for hydroxylation is 1. The smallest absolute Gasteiger partial charge is 0.222 e. The van der Waals surface area contributed by atoms with Crippen molar-refractivity contribution >= 4 is 23.5 Å². The number of amides is 1. The predicted octanol–water partition coefficient (Wildman–Crippen LogP) is 1.49. The van der Waals surface area contributed by atoms with E-state index in [1.165, 1.54) is 0 Å². The summed E-state index contributed by atoms with van der Waals surface area (Å²) in [5, 5.41) is 3.12. The molecule has 3 rings (SSSR count). The molecule has 8 nitrogen and oxygen atoms in total. The minimum atomic E-state index is -0.0442. The molecule has 3 heterocycles. The van der Waals surface area contributed by atoms with Gasteiger partial charge < -0.3 is 21.7 Å². The molecule has 2 aromatic heterocycles. The minimum Gasteiger partial charge on any atom is -0.384 e. The summed E-state index contributed by atoms with van der Waals surface area (Å²) in [6.45, 7) is 7.14. The summed E-state index contributed by atoms with van der Waals surface area (Å²) < 4.78 is 0. The first kappa shape index (κ1) is 20.4. The molecule has 8 heteroatoms. The second-order valence-electron chi connectivity index (χ2n) is 7.54. The Hall–Kier alpha value is -3.34. The van der Waals surface area contributed by atoms with E-state index in [0.717, 1.165) is 36.2 Å². The first-order chi connectivity index (χ1) is 13.8. The lowest BCUT2D eigenvalue weighted by Crippen LogP contribution is -2.49. The number of hydrogen-bond acceptors (Lipinski definition) is 7. The highest BCUT2D eigenvalue weighted by Crippen LogP contribution is 2.24. The summed E-state index contributed by atoms with van der Waals surface area (Å²) in [7, 11) is 0. The Kier molecular flexibility index (Phi) is 6.17. The van der Waals surface area contributed by atoms with Crippen LogP contribution in [0.5, 0.6) is 0 Å². The molecule has 0 saturated carbocycles. The zero-order valence-corrected chi connectivity index (χ0v) is 17.1. The van der Waals surface area contributed by atoms with Gasteiger partial charge in [-0.3, -0.25) is 4.79 Å². The molecule has 152 valence electrons. The Morgan fingerprint density at radius 3 is 2.76 bits per heavy atom. The maximum atomic E-state index is 12.1. The second kappa shape index (κ2) is 8.78. The first-order valence-electron chi connectivity index (χ1n) is 9.76. The quantitative estimate of drug-likeness (QED) is 0.675. The number of nitrogens with zero attached hydrogens (tertiary/aromatic N) is 4. The number of nitrogens with two attached hydrogens (primary N) is 2. The number of nitrogens with one attached hydrogen (secondary N) is 1. The number of rotatable bonds is 3. The molecular weight excluding hydrogens is 366 g/mol. The molecule has 0 aromatic carbocycles. The van der Waals surface area contributed by atoms with E-state index in [4.69, 9.17) is 11.5 Å². The van der Waals surface area contributed by atoms with Gasteiger partial charge in [-0.2, -0.15) is 4.98 Å². The number of aromatic nitrogens is 3. The molecule has 1 saturated heterocycles. The van der Waals surface area contributed by atoms with Crippen molar-refractivity contribution in [1.29, 1.82) is 0 Å². The summed E-state index contributed by atoms with van der Waals surface area (Å²) in [4.78, 5) is 27.0. The highest BCUT2D eigenvalue weighted by molar-refractivity contribution is 5.78. The second-order valence-corrected chi connectivity index (χ2v) is 7.54. The highest BCUT2D eigenvalue weighted by Gasteiger charge is 2.25. The van der Waals surface area contributed by atoms with Crippen LogP contribution in [0.2, 0.25) is 0 Å². The Morgan fingerprint density at radius 1 is 1.28 bits per heavy atom.